The van der Waals surface area contributed by atoms with Crippen LogP contribution in [0.1, 0.15) is 44.5 Å². The standard InChI is InChI=1S/C8H12N2O2/c1-5(11)6-9-7(10-12-6)8(2)3-4-8/h5,11H,3-4H2,1-2H3/t5-/m0/s1. The Kier molecular flexibility index (Phi) is 1.48. The predicted molar refractivity (Wildman–Crippen MR) is 41.5 cm³/mol. The molecule has 0 spiro atoms. The summed E-state index contributed by atoms with van der Waals surface area (Å²) < 4.78 is 4.88. The monoisotopic (exact) mass is 168 g/mol. The summed E-state index contributed by atoms with van der Waals surface area (Å²) in [6, 6.07) is 0. The van der Waals surface area contributed by atoms with E-state index in [1.165, 1.54) is 0 Å². The zero-order valence-electron chi connectivity index (χ0n) is 7.24. The highest BCUT2D eigenvalue weighted by molar-refractivity contribution is 5.14. The number of nitrogens with zero attached hydrogens (tertiary/aromatic N) is 2. The van der Waals surface area contributed by atoms with Crippen LogP contribution in [0.5, 0.6) is 0 Å². The zero-order valence-corrected chi connectivity index (χ0v) is 7.24. The quantitative estimate of drug-likeness (QED) is 0.720. The van der Waals surface area contributed by atoms with Gasteiger partial charge in [0.25, 0.3) is 5.89 Å². The minimum Gasteiger partial charge on any atom is -0.384 e. The van der Waals surface area contributed by atoms with E-state index in [9.17, 15) is 0 Å². The molecule has 1 N–H and O–H groups in total. The van der Waals surface area contributed by atoms with Crippen LogP contribution in [0.4, 0.5) is 0 Å². The molecule has 0 radical (unpaired) electrons. The number of rotatable bonds is 2. The normalized spacial score (nSPS) is 22.2. The topological polar surface area (TPSA) is 59.2 Å². The third-order valence-electron chi connectivity index (χ3n) is 2.34. The molecule has 1 heterocycles. The molecule has 1 aromatic rings. The third-order valence-corrected chi connectivity index (χ3v) is 2.34. The third kappa shape index (κ3) is 1.12. The first kappa shape index (κ1) is 7.73. The lowest BCUT2D eigenvalue weighted by atomic mass is 10.1. The summed E-state index contributed by atoms with van der Waals surface area (Å²) in [4.78, 5) is 4.12. The fourth-order valence-electron chi connectivity index (χ4n) is 1.06. The molecule has 1 saturated carbocycles. The summed E-state index contributed by atoms with van der Waals surface area (Å²) in [5.74, 6) is 1.05. The highest BCUT2D eigenvalue weighted by Crippen LogP contribution is 2.46. The highest BCUT2D eigenvalue weighted by Gasteiger charge is 2.43. The van der Waals surface area contributed by atoms with Crippen LogP contribution in [0.25, 0.3) is 0 Å². The lowest BCUT2D eigenvalue weighted by Gasteiger charge is -1.97. The van der Waals surface area contributed by atoms with Gasteiger partial charge in [0.1, 0.15) is 6.10 Å². The van der Waals surface area contributed by atoms with Gasteiger partial charge in [-0.1, -0.05) is 12.1 Å². The number of aromatic nitrogens is 2. The minimum absolute atomic E-state index is 0.122. The summed E-state index contributed by atoms with van der Waals surface area (Å²) in [7, 11) is 0. The molecule has 0 amide bonds. The van der Waals surface area contributed by atoms with E-state index in [0.717, 1.165) is 18.7 Å². The van der Waals surface area contributed by atoms with Crippen LogP contribution < -0.4 is 0 Å². The van der Waals surface area contributed by atoms with Crippen molar-refractivity contribution in [3.8, 4) is 0 Å². The van der Waals surface area contributed by atoms with Gasteiger partial charge in [0.15, 0.2) is 5.82 Å². The van der Waals surface area contributed by atoms with Gasteiger partial charge in [-0.3, -0.25) is 0 Å². The van der Waals surface area contributed by atoms with Gasteiger partial charge >= 0.3 is 0 Å². The minimum atomic E-state index is -0.659. The molecule has 1 fully saturated rings. The highest BCUT2D eigenvalue weighted by atomic mass is 16.5. The summed E-state index contributed by atoms with van der Waals surface area (Å²) in [6.45, 7) is 3.72. The molecule has 4 nitrogen and oxygen atoms in total. The molecular weight excluding hydrogens is 156 g/mol. The van der Waals surface area contributed by atoms with E-state index in [-0.39, 0.29) is 5.41 Å². The maximum absolute atomic E-state index is 9.13. The Bertz CT molecular complexity index is 289. The van der Waals surface area contributed by atoms with Gasteiger partial charge in [-0.05, 0) is 19.8 Å². The second kappa shape index (κ2) is 2.29. The average molecular weight is 168 g/mol. The molecule has 4 heteroatoms. The number of hydrogen-bond acceptors (Lipinski definition) is 4. The molecule has 0 aromatic carbocycles. The van der Waals surface area contributed by atoms with E-state index >= 15 is 0 Å². The molecule has 0 bridgehead atoms. The Morgan fingerprint density at radius 3 is 2.67 bits per heavy atom. The van der Waals surface area contributed by atoms with E-state index in [1.807, 2.05) is 0 Å². The Hall–Kier alpha value is -0.900. The fraction of sp³-hybridized carbons (Fsp3) is 0.750. The lowest BCUT2D eigenvalue weighted by Crippen LogP contribution is -2.02. The summed E-state index contributed by atoms with van der Waals surface area (Å²) >= 11 is 0. The second-order valence-corrected chi connectivity index (χ2v) is 3.69. The number of hydrogen-bond donors (Lipinski definition) is 1. The van der Waals surface area contributed by atoms with Crippen LogP contribution in [0.3, 0.4) is 0 Å². The Morgan fingerprint density at radius 2 is 2.25 bits per heavy atom. The van der Waals surface area contributed by atoms with Gasteiger partial charge in [-0.15, -0.1) is 0 Å². The molecule has 2 rings (SSSR count). The van der Waals surface area contributed by atoms with Crippen LogP contribution in [0.2, 0.25) is 0 Å². The molecule has 0 saturated heterocycles. The van der Waals surface area contributed by atoms with E-state index in [0.29, 0.717) is 5.89 Å². The largest absolute Gasteiger partial charge is 0.384 e. The van der Waals surface area contributed by atoms with Gasteiger partial charge in [0.2, 0.25) is 0 Å². The van der Waals surface area contributed by atoms with Crippen LogP contribution in [-0.4, -0.2) is 15.2 Å². The van der Waals surface area contributed by atoms with E-state index in [2.05, 4.69) is 17.1 Å². The second-order valence-electron chi connectivity index (χ2n) is 3.69. The predicted octanol–water partition coefficient (Wildman–Crippen LogP) is 1.17. The Morgan fingerprint density at radius 1 is 1.58 bits per heavy atom. The van der Waals surface area contributed by atoms with Crippen molar-refractivity contribution in [1.82, 2.24) is 10.1 Å². The van der Waals surface area contributed by atoms with Crippen molar-refractivity contribution >= 4 is 0 Å². The van der Waals surface area contributed by atoms with Gasteiger partial charge < -0.3 is 9.63 Å². The molecule has 0 unspecified atom stereocenters. The lowest BCUT2D eigenvalue weighted by molar-refractivity contribution is 0.151. The van der Waals surface area contributed by atoms with E-state index in [1.54, 1.807) is 6.92 Å². The van der Waals surface area contributed by atoms with Gasteiger partial charge in [0.05, 0.1) is 0 Å². The van der Waals surface area contributed by atoms with Crippen LogP contribution in [-0.2, 0) is 5.41 Å². The van der Waals surface area contributed by atoms with Crippen LogP contribution in [0, 0.1) is 0 Å². The van der Waals surface area contributed by atoms with Gasteiger partial charge in [-0.25, -0.2) is 0 Å². The first-order chi connectivity index (χ1) is 5.62. The molecule has 0 aliphatic heterocycles. The van der Waals surface area contributed by atoms with Crippen molar-refractivity contribution in [1.29, 1.82) is 0 Å². The summed E-state index contributed by atoms with van der Waals surface area (Å²) in [5.41, 5.74) is 0.122. The van der Waals surface area contributed by atoms with E-state index in [4.69, 9.17) is 9.63 Å². The average Bonchev–Trinajstić information content (AvgIpc) is 2.61. The molecular formula is C8H12N2O2. The summed E-state index contributed by atoms with van der Waals surface area (Å²) in [5, 5.41) is 13.0. The molecule has 1 atom stereocenters. The maximum atomic E-state index is 9.13. The van der Waals surface area contributed by atoms with Gasteiger partial charge in [0, 0.05) is 5.41 Å². The van der Waals surface area contributed by atoms with Crippen LogP contribution >= 0.6 is 0 Å². The Labute approximate surface area is 70.6 Å². The first-order valence-electron chi connectivity index (χ1n) is 4.14. The van der Waals surface area contributed by atoms with Crippen molar-refractivity contribution in [3.63, 3.8) is 0 Å². The maximum Gasteiger partial charge on any atom is 0.255 e. The van der Waals surface area contributed by atoms with Crippen molar-refractivity contribution < 1.29 is 9.63 Å². The fourth-order valence-corrected chi connectivity index (χ4v) is 1.06. The van der Waals surface area contributed by atoms with Crippen molar-refractivity contribution in [2.45, 2.75) is 38.2 Å². The zero-order chi connectivity index (χ0) is 8.77. The first-order valence-corrected chi connectivity index (χ1v) is 4.14. The molecule has 12 heavy (non-hydrogen) atoms. The van der Waals surface area contributed by atoms with Crippen LogP contribution in [0.15, 0.2) is 4.52 Å². The van der Waals surface area contributed by atoms with Crippen molar-refractivity contribution in [2.75, 3.05) is 0 Å². The number of aliphatic hydroxyl groups is 1. The molecule has 1 aromatic heterocycles. The molecule has 1 aliphatic rings. The SMILES string of the molecule is C[C@H](O)c1nc(C2(C)CC2)no1. The Balaban J connectivity index is 2.25. The smallest absolute Gasteiger partial charge is 0.255 e. The summed E-state index contributed by atoms with van der Waals surface area (Å²) in [6.07, 6.45) is 1.57. The van der Waals surface area contributed by atoms with E-state index < -0.39 is 6.10 Å². The number of aliphatic hydroxyl groups excluding tert-OH is 1. The van der Waals surface area contributed by atoms with Crippen molar-refractivity contribution in [3.05, 3.63) is 11.7 Å². The van der Waals surface area contributed by atoms with Crippen molar-refractivity contribution in [2.24, 2.45) is 0 Å². The molecule has 66 valence electrons. The molecule has 1 aliphatic carbocycles. The van der Waals surface area contributed by atoms with Gasteiger partial charge in [-0.2, -0.15) is 4.98 Å².